The molecule has 5 nitrogen and oxygen atoms in total. The predicted octanol–water partition coefficient (Wildman–Crippen LogP) is 1.96. The SMILES string of the molecule is Cn1cnc(CN2CC[C@H](Oc3cccc(F)c3)[C@@H](O)CC2)c1. The summed E-state index contributed by atoms with van der Waals surface area (Å²) >= 11 is 0. The first-order chi connectivity index (χ1) is 11.1. The van der Waals surface area contributed by atoms with Crippen LogP contribution in [0, 0.1) is 5.82 Å². The second kappa shape index (κ2) is 7.10. The minimum atomic E-state index is -0.549. The smallest absolute Gasteiger partial charge is 0.126 e. The second-order valence-corrected chi connectivity index (χ2v) is 6.06. The van der Waals surface area contributed by atoms with E-state index in [-0.39, 0.29) is 11.9 Å². The van der Waals surface area contributed by atoms with Crippen molar-refractivity contribution in [2.24, 2.45) is 7.05 Å². The first-order valence-electron chi connectivity index (χ1n) is 7.89. The van der Waals surface area contributed by atoms with Crippen molar-refractivity contribution in [2.45, 2.75) is 31.6 Å². The number of hydrogen-bond acceptors (Lipinski definition) is 4. The van der Waals surface area contributed by atoms with Crippen LogP contribution in [0.25, 0.3) is 0 Å². The molecule has 6 heteroatoms. The summed E-state index contributed by atoms with van der Waals surface area (Å²) in [5, 5.41) is 10.3. The Morgan fingerprint density at radius 2 is 2.17 bits per heavy atom. The average Bonchev–Trinajstić information content (AvgIpc) is 2.85. The van der Waals surface area contributed by atoms with Gasteiger partial charge in [0.05, 0.1) is 18.1 Å². The summed E-state index contributed by atoms with van der Waals surface area (Å²) in [4.78, 5) is 6.61. The van der Waals surface area contributed by atoms with Gasteiger partial charge in [-0.2, -0.15) is 0 Å². The summed E-state index contributed by atoms with van der Waals surface area (Å²) in [6, 6.07) is 6.06. The first-order valence-corrected chi connectivity index (χ1v) is 7.89. The van der Waals surface area contributed by atoms with Gasteiger partial charge in [-0.25, -0.2) is 9.37 Å². The number of imidazole rings is 1. The van der Waals surface area contributed by atoms with Gasteiger partial charge in [0.2, 0.25) is 0 Å². The lowest BCUT2D eigenvalue weighted by Crippen LogP contribution is -2.31. The maximum absolute atomic E-state index is 13.2. The lowest BCUT2D eigenvalue weighted by Gasteiger charge is -2.21. The molecule has 23 heavy (non-hydrogen) atoms. The molecule has 0 amide bonds. The predicted molar refractivity (Wildman–Crippen MR) is 84.5 cm³/mol. The van der Waals surface area contributed by atoms with E-state index in [9.17, 15) is 9.50 Å². The molecule has 0 aliphatic carbocycles. The zero-order chi connectivity index (χ0) is 16.2. The molecule has 0 bridgehead atoms. The Kier molecular flexibility index (Phi) is 4.93. The van der Waals surface area contributed by atoms with Crippen molar-refractivity contribution in [3.63, 3.8) is 0 Å². The van der Waals surface area contributed by atoms with Crippen molar-refractivity contribution in [2.75, 3.05) is 13.1 Å². The van der Waals surface area contributed by atoms with E-state index < -0.39 is 6.10 Å². The molecule has 1 aliphatic rings. The third-order valence-electron chi connectivity index (χ3n) is 4.13. The summed E-state index contributed by atoms with van der Waals surface area (Å²) in [7, 11) is 1.95. The molecule has 1 aliphatic heterocycles. The van der Waals surface area contributed by atoms with Crippen molar-refractivity contribution >= 4 is 0 Å². The Morgan fingerprint density at radius 3 is 2.91 bits per heavy atom. The fraction of sp³-hybridized carbons (Fsp3) is 0.471. The Balaban J connectivity index is 1.59. The van der Waals surface area contributed by atoms with Gasteiger partial charge in [0, 0.05) is 38.9 Å². The summed E-state index contributed by atoms with van der Waals surface area (Å²) in [5.41, 5.74) is 1.02. The molecule has 0 spiro atoms. The van der Waals surface area contributed by atoms with Gasteiger partial charge in [-0.15, -0.1) is 0 Å². The topological polar surface area (TPSA) is 50.5 Å². The van der Waals surface area contributed by atoms with Crippen LogP contribution >= 0.6 is 0 Å². The van der Waals surface area contributed by atoms with E-state index >= 15 is 0 Å². The minimum absolute atomic E-state index is 0.314. The molecular formula is C17H22FN3O2. The van der Waals surface area contributed by atoms with Crippen LogP contribution in [0.1, 0.15) is 18.5 Å². The Labute approximate surface area is 135 Å². The highest BCUT2D eigenvalue weighted by Gasteiger charge is 2.26. The van der Waals surface area contributed by atoms with E-state index in [1.165, 1.54) is 12.1 Å². The number of benzene rings is 1. The van der Waals surface area contributed by atoms with Gasteiger partial charge in [0.1, 0.15) is 17.7 Å². The van der Waals surface area contributed by atoms with E-state index in [0.717, 1.165) is 25.3 Å². The number of aromatic nitrogens is 2. The normalized spacial score (nSPS) is 22.7. The molecular weight excluding hydrogens is 297 g/mol. The van der Waals surface area contributed by atoms with E-state index in [1.54, 1.807) is 18.5 Å². The molecule has 1 fully saturated rings. The van der Waals surface area contributed by atoms with Crippen molar-refractivity contribution in [3.8, 4) is 5.75 Å². The average molecular weight is 319 g/mol. The van der Waals surface area contributed by atoms with Crippen LogP contribution in [0.3, 0.4) is 0 Å². The molecule has 2 atom stereocenters. The number of aliphatic hydroxyl groups excluding tert-OH is 1. The van der Waals surface area contributed by atoms with Gasteiger partial charge in [-0.05, 0) is 25.0 Å². The van der Waals surface area contributed by atoms with Crippen LogP contribution in [-0.4, -0.2) is 44.9 Å². The number of aryl methyl sites for hydroxylation is 1. The zero-order valence-corrected chi connectivity index (χ0v) is 13.2. The highest BCUT2D eigenvalue weighted by molar-refractivity contribution is 5.22. The number of rotatable bonds is 4. The van der Waals surface area contributed by atoms with Crippen molar-refractivity contribution in [1.82, 2.24) is 14.5 Å². The number of ether oxygens (including phenoxy) is 1. The van der Waals surface area contributed by atoms with E-state index in [1.807, 2.05) is 17.8 Å². The van der Waals surface area contributed by atoms with E-state index in [2.05, 4.69) is 9.88 Å². The van der Waals surface area contributed by atoms with Crippen LogP contribution in [-0.2, 0) is 13.6 Å². The lowest BCUT2D eigenvalue weighted by atomic mass is 10.1. The highest BCUT2D eigenvalue weighted by Crippen LogP contribution is 2.21. The fourth-order valence-electron chi connectivity index (χ4n) is 2.90. The van der Waals surface area contributed by atoms with Crippen molar-refractivity contribution in [3.05, 3.63) is 48.3 Å². The summed E-state index contributed by atoms with van der Waals surface area (Å²) in [6.07, 6.45) is 4.26. The van der Waals surface area contributed by atoms with Gasteiger partial charge in [-0.1, -0.05) is 6.07 Å². The van der Waals surface area contributed by atoms with Crippen molar-refractivity contribution < 1.29 is 14.2 Å². The Bertz CT molecular complexity index is 646. The highest BCUT2D eigenvalue weighted by atomic mass is 19.1. The van der Waals surface area contributed by atoms with Crippen molar-refractivity contribution in [1.29, 1.82) is 0 Å². The minimum Gasteiger partial charge on any atom is -0.488 e. The number of nitrogens with zero attached hydrogens (tertiary/aromatic N) is 3. The van der Waals surface area contributed by atoms with Gasteiger partial charge >= 0.3 is 0 Å². The quantitative estimate of drug-likeness (QED) is 0.936. The molecule has 124 valence electrons. The van der Waals surface area contributed by atoms with Gasteiger partial charge < -0.3 is 14.4 Å². The monoisotopic (exact) mass is 319 g/mol. The maximum Gasteiger partial charge on any atom is 0.126 e. The number of hydrogen-bond donors (Lipinski definition) is 1. The largest absolute Gasteiger partial charge is 0.488 e. The lowest BCUT2D eigenvalue weighted by molar-refractivity contribution is 0.0348. The van der Waals surface area contributed by atoms with E-state index in [0.29, 0.717) is 18.6 Å². The standard InChI is InChI=1S/C17H22FN3O2/c1-20-10-14(19-12-20)11-21-7-5-16(22)17(6-8-21)23-15-4-2-3-13(18)9-15/h2-4,9-10,12,16-17,22H,5-8,11H2,1H3/t16-,17-/m0/s1. The molecule has 1 aromatic heterocycles. The fourth-order valence-corrected chi connectivity index (χ4v) is 2.90. The van der Waals surface area contributed by atoms with E-state index in [4.69, 9.17) is 4.74 Å². The molecule has 0 radical (unpaired) electrons. The third kappa shape index (κ3) is 4.30. The summed E-state index contributed by atoms with van der Waals surface area (Å²) in [5.74, 6) is 0.134. The van der Waals surface area contributed by atoms with Crippen LogP contribution < -0.4 is 4.74 Å². The molecule has 1 N–H and O–H groups in total. The third-order valence-corrected chi connectivity index (χ3v) is 4.13. The Morgan fingerprint density at radius 1 is 1.35 bits per heavy atom. The van der Waals surface area contributed by atoms with Crippen LogP contribution in [0.2, 0.25) is 0 Å². The summed E-state index contributed by atoms with van der Waals surface area (Å²) < 4.78 is 21.0. The second-order valence-electron chi connectivity index (χ2n) is 6.06. The molecule has 1 aromatic carbocycles. The number of halogens is 1. The first kappa shape index (κ1) is 16.0. The van der Waals surface area contributed by atoms with Crippen LogP contribution in [0.5, 0.6) is 5.75 Å². The molecule has 2 aromatic rings. The maximum atomic E-state index is 13.2. The molecule has 3 rings (SSSR count). The number of likely N-dealkylation sites (tertiary alicyclic amines) is 1. The van der Waals surface area contributed by atoms with Gasteiger partial charge in [-0.3, -0.25) is 4.90 Å². The zero-order valence-electron chi connectivity index (χ0n) is 13.2. The Hall–Kier alpha value is -1.92. The number of aliphatic hydroxyl groups is 1. The molecule has 1 saturated heterocycles. The van der Waals surface area contributed by atoms with Crippen LogP contribution in [0.15, 0.2) is 36.8 Å². The summed E-state index contributed by atoms with van der Waals surface area (Å²) in [6.45, 7) is 2.37. The van der Waals surface area contributed by atoms with Gasteiger partial charge in [0.25, 0.3) is 0 Å². The van der Waals surface area contributed by atoms with Crippen LogP contribution in [0.4, 0.5) is 4.39 Å². The molecule has 0 unspecified atom stereocenters. The molecule has 2 heterocycles. The van der Waals surface area contributed by atoms with Gasteiger partial charge in [0.15, 0.2) is 0 Å². The molecule has 0 saturated carbocycles.